The molecule has 0 saturated heterocycles. The van der Waals surface area contributed by atoms with E-state index in [-0.39, 0.29) is 5.69 Å². The number of anilines is 1. The van der Waals surface area contributed by atoms with E-state index in [4.69, 9.17) is 5.73 Å². The number of rotatable bonds is 2. The second-order valence-electron chi connectivity index (χ2n) is 3.67. The van der Waals surface area contributed by atoms with Crippen LogP contribution in [0.3, 0.4) is 0 Å². The minimum Gasteiger partial charge on any atom is -0.496 e. The van der Waals surface area contributed by atoms with Crippen LogP contribution in [0.5, 0.6) is 5.75 Å². The molecule has 1 aromatic carbocycles. The predicted octanol–water partition coefficient (Wildman–Crippen LogP) is 2.59. The van der Waals surface area contributed by atoms with Gasteiger partial charge in [0.2, 0.25) is 0 Å². The molecule has 19 heavy (non-hydrogen) atoms. The fourth-order valence-corrected chi connectivity index (χ4v) is 1.47. The van der Waals surface area contributed by atoms with Crippen molar-refractivity contribution in [1.82, 2.24) is 0 Å². The number of nitrogens with two attached hydrogens (primary N) is 1. The molecule has 1 aromatic rings. The first kappa shape index (κ1) is 15.4. The summed E-state index contributed by atoms with van der Waals surface area (Å²) in [7, 11) is 0.867. The van der Waals surface area contributed by atoms with Crippen molar-refractivity contribution < 1.29 is 36.2 Å². The van der Waals surface area contributed by atoms with Crippen LogP contribution in [0.1, 0.15) is 5.56 Å². The average molecular weight is 289 g/mol. The van der Waals surface area contributed by atoms with Gasteiger partial charge in [-0.3, -0.25) is 0 Å². The molecule has 0 aliphatic rings. The quantitative estimate of drug-likeness (QED) is 0.650. The lowest BCUT2D eigenvalue weighted by molar-refractivity contribution is -0.376. The van der Waals surface area contributed by atoms with Crippen molar-refractivity contribution in [3.05, 3.63) is 23.8 Å². The predicted molar refractivity (Wildman–Crippen MR) is 53.4 cm³/mol. The molecule has 0 atom stereocenters. The highest BCUT2D eigenvalue weighted by Crippen LogP contribution is 2.52. The molecule has 0 bridgehead atoms. The molecule has 108 valence electrons. The normalized spacial score (nSPS) is 13.5. The first-order valence-electron chi connectivity index (χ1n) is 4.75. The minimum absolute atomic E-state index is 0.104. The highest BCUT2D eigenvalue weighted by Gasteiger charge is 2.72. The summed E-state index contributed by atoms with van der Waals surface area (Å²) in [6, 6.07) is 1.99. The third kappa shape index (κ3) is 2.42. The summed E-state index contributed by atoms with van der Waals surface area (Å²) < 4.78 is 80.3. The van der Waals surface area contributed by atoms with Crippen LogP contribution in [-0.4, -0.2) is 24.6 Å². The zero-order chi connectivity index (χ0) is 15.1. The summed E-state index contributed by atoms with van der Waals surface area (Å²) in [5, 5.41) is 9.19. The van der Waals surface area contributed by atoms with Crippen LogP contribution in [0.2, 0.25) is 0 Å². The summed E-state index contributed by atoms with van der Waals surface area (Å²) in [4.78, 5) is 0. The number of aliphatic hydroxyl groups is 1. The van der Waals surface area contributed by atoms with Crippen molar-refractivity contribution in [3.63, 3.8) is 0 Å². The molecule has 1 rings (SSSR count). The lowest BCUT2D eigenvalue weighted by Crippen LogP contribution is -2.54. The van der Waals surface area contributed by atoms with E-state index in [1.807, 2.05) is 0 Å². The lowest BCUT2D eigenvalue weighted by Gasteiger charge is -2.33. The maximum atomic E-state index is 12.6. The number of halogens is 6. The number of hydrogen-bond donors (Lipinski definition) is 2. The van der Waals surface area contributed by atoms with Crippen molar-refractivity contribution in [2.45, 2.75) is 18.0 Å². The van der Waals surface area contributed by atoms with Gasteiger partial charge in [-0.25, -0.2) is 0 Å². The summed E-state index contributed by atoms with van der Waals surface area (Å²) in [6.45, 7) is 0. The molecule has 0 heterocycles. The van der Waals surface area contributed by atoms with E-state index >= 15 is 0 Å². The summed E-state index contributed by atoms with van der Waals surface area (Å²) in [6.07, 6.45) is -11.9. The average Bonchev–Trinajstić information content (AvgIpc) is 2.24. The van der Waals surface area contributed by atoms with E-state index in [9.17, 15) is 31.4 Å². The van der Waals surface area contributed by atoms with Gasteiger partial charge < -0.3 is 15.6 Å². The van der Waals surface area contributed by atoms with Gasteiger partial charge >= 0.3 is 12.4 Å². The standard InChI is InChI=1S/C10H9F6NO2/c1-19-7-4-5(17)2-3-6(7)8(18,9(11,12)13)10(14,15)16/h2-4,18H,17H2,1H3. The van der Waals surface area contributed by atoms with E-state index in [0.717, 1.165) is 19.2 Å². The molecular weight excluding hydrogens is 280 g/mol. The van der Waals surface area contributed by atoms with Gasteiger partial charge in [-0.1, -0.05) is 0 Å². The van der Waals surface area contributed by atoms with Gasteiger partial charge in [0, 0.05) is 17.3 Å². The second-order valence-corrected chi connectivity index (χ2v) is 3.67. The van der Waals surface area contributed by atoms with Crippen LogP contribution < -0.4 is 10.5 Å². The van der Waals surface area contributed by atoms with Crippen LogP contribution in [0, 0.1) is 0 Å². The van der Waals surface area contributed by atoms with Crippen molar-refractivity contribution in [3.8, 4) is 5.75 Å². The van der Waals surface area contributed by atoms with Gasteiger partial charge in [-0.2, -0.15) is 26.3 Å². The smallest absolute Gasteiger partial charge is 0.430 e. The van der Waals surface area contributed by atoms with Gasteiger partial charge in [0.15, 0.2) is 0 Å². The number of nitrogen functional groups attached to an aromatic ring is 1. The zero-order valence-corrected chi connectivity index (χ0v) is 9.43. The second kappa shape index (κ2) is 4.48. The van der Waals surface area contributed by atoms with E-state index < -0.39 is 29.3 Å². The first-order chi connectivity index (χ1) is 8.45. The van der Waals surface area contributed by atoms with Crippen molar-refractivity contribution in [2.75, 3.05) is 12.8 Å². The van der Waals surface area contributed by atoms with Crippen LogP contribution in [0.25, 0.3) is 0 Å². The molecule has 0 radical (unpaired) electrons. The Morgan fingerprint density at radius 3 is 1.89 bits per heavy atom. The fourth-order valence-electron chi connectivity index (χ4n) is 1.47. The molecule has 0 aromatic heterocycles. The largest absolute Gasteiger partial charge is 0.496 e. The number of hydrogen-bond acceptors (Lipinski definition) is 3. The molecule has 9 heteroatoms. The Morgan fingerprint density at radius 1 is 1.05 bits per heavy atom. The van der Waals surface area contributed by atoms with Crippen molar-refractivity contribution in [2.24, 2.45) is 0 Å². The maximum absolute atomic E-state index is 12.6. The van der Waals surface area contributed by atoms with Crippen LogP contribution in [-0.2, 0) is 5.60 Å². The maximum Gasteiger partial charge on any atom is 0.430 e. The Labute approximate surface area is 103 Å². The Balaban J connectivity index is 3.61. The molecule has 0 amide bonds. The third-order valence-electron chi connectivity index (χ3n) is 2.44. The third-order valence-corrected chi connectivity index (χ3v) is 2.44. The van der Waals surface area contributed by atoms with E-state index in [2.05, 4.69) is 4.74 Å². The first-order valence-corrected chi connectivity index (χ1v) is 4.75. The molecule has 0 aliphatic heterocycles. The van der Waals surface area contributed by atoms with Gasteiger partial charge in [0.1, 0.15) is 5.75 Å². The van der Waals surface area contributed by atoms with Crippen LogP contribution in [0.15, 0.2) is 18.2 Å². The van der Waals surface area contributed by atoms with E-state index in [0.29, 0.717) is 6.07 Å². The zero-order valence-electron chi connectivity index (χ0n) is 9.43. The number of benzene rings is 1. The molecule has 0 aliphatic carbocycles. The molecule has 0 spiro atoms. The molecule has 0 unspecified atom stereocenters. The Kier molecular flexibility index (Phi) is 3.63. The summed E-state index contributed by atoms with van der Waals surface area (Å²) >= 11 is 0. The Bertz CT molecular complexity index is 454. The van der Waals surface area contributed by atoms with Crippen LogP contribution in [0.4, 0.5) is 32.0 Å². The van der Waals surface area contributed by atoms with Crippen molar-refractivity contribution in [1.29, 1.82) is 0 Å². The Morgan fingerprint density at radius 2 is 1.53 bits per heavy atom. The minimum atomic E-state index is -5.96. The van der Waals surface area contributed by atoms with Crippen LogP contribution >= 0.6 is 0 Å². The van der Waals surface area contributed by atoms with Gasteiger partial charge in [-0.05, 0) is 12.1 Å². The highest BCUT2D eigenvalue weighted by atomic mass is 19.4. The van der Waals surface area contributed by atoms with Gasteiger partial charge in [0.05, 0.1) is 7.11 Å². The summed E-state index contributed by atoms with van der Waals surface area (Å²) in [5.74, 6) is -0.808. The highest BCUT2D eigenvalue weighted by molar-refractivity contribution is 5.51. The topological polar surface area (TPSA) is 55.5 Å². The summed E-state index contributed by atoms with van der Waals surface area (Å²) in [5.41, 5.74) is -1.36. The SMILES string of the molecule is COc1cc(N)ccc1C(O)(C(F)(F)F)C(F)(F)F. The molecular formula is C10H9F6NO2. The van der Waals surface area contributed by atoms with Gasteiger partial charge in [0.25, 0.3) is 5.60 Å². The van der Waals surface area contributed by atoms with E-state index in [1.165, 1.54) is 0 Å². The Hall–Kier alpha value is -1.64. The number of ether oxygens (including phenoxy) is 1. The molecule has 3 N–H and O–H groups in total. The molecule has 0 fully saturated rings. The lowest BCUT2D eigenvalue weighted by atomic mass is 9.91. The van der Waals surface area contributed by atoms with Gasteiger partial charge in [-0.15, -0.1) is 0 Å². The van der Waals surface area contributed by atoms with E-state index in [1.54, 1.807) is 0 Å². The number of methoxy groups -OCH3 is 1. The monoisotopic (exact) mass is 289 g/mol. The molecule has 0 saturated carbocycles. The number of alkyl halides is 6. The fraction of sp³-hybridized carbons (Fsp3) is 0.400. The van der Waals surface area contributed by atoms with Crippen molar-refractivity contribution >= 4 is 5.69 Å². The molecule has 3 nitrogen and oxygen atoms in total.